The molecule has 2 nitrogen and oxygen atoms in total. The fraction of sp³-hybridized carbons (Fsp3) is 0.174. The molecular formula is C23H25N2+. The molecule has 0 amide bonds. The molecule has 3 rings (SSSR count). The monoisotopic (exact) mass is 331 g/mol. The predicted molar refractivity (Wildman–Crippen MR) is 109 cm³/mol. The van der Waals surface area contributed by atoms with Gasteiger partial charge in [0.2, 0.25) is 0 Å². The van der Waals surface area contributed by atoms with Crippen molar-refractivity contribution in [3.05, 3.63) is 95.6 Å². The van der Waals surface area contributed by atoms with Crippen LogP contribution in [0.4, 0.5) is 5.69 Å². The first-order chi connectivity index (χ1) is 12.1. The summed E-state index contributed by atoms with van der Waals surface area (Å²) in [7, 11) is 8.27. The number of rotatable bonds is 3. The second kappa shape index (κ2) is 7.35. The van der Waals surface area contributed by atoms with E-state index in [9.17, 15) is 0 Å². The molecule has 0 unspecified atom stereocenters. The Morgan fingerprint density at radius 2 is 1.28 bits per heavy atom. The highest BCUT2D eigenvalue weighted by Crippen LogP contribution is 2.30. The van der Waals surface area contributed by atoms with Crippen molar-refractivity contribution in [2.75, 3.05) is 33.1 Å². The van der Waals surface area contributed by atoms with Gasteiger partial charge in [-0.15, -0.1) is 0 Å². The third-order valence-electron chi connectivity index (χ3n) is 4.41. The zero-order chi connectivity index (χ0) is 17.8. The van der Waals surface area contributed by atoms with Crippen LogP contribution in [0.15, 0.2) is 84.5 Å². The van der Waals surface area contributed by atoms with E-state index in [1.54, 1.807) is 0 Å². The van der Waals surface area contributed by atoms with Gasteiger partial charge in [0.25, 0.3) is 0 Å². The molecule has 1 aliphatic carbocycles. The van der Waals surface area contributed by atoms with Crippen molar-refractivity contribution in [1.29, 1.82) is 0 Å². The van der Waals surface area contributed by atoms with E-state index in [4.69, 9.17) is 0 Å². The summed E-state index contributed by atoms with van der Waals surface area (Å²) in [5.41, 5.74) is 7.37. The van der Waals surface area contributed by atoms with Gasteiger partial charge in [0.1, 0.15) is 14.1 Å². The average Bonchev–Trinajstić information content (AvgIpc) is 2.64. The van der Waals surface area contributed by atoms with Crippen molar-refractivity contribution in [3.63, 3.8) is 0 Å². The zero-order valence-corrected chi connectivity index (χ0v) is 15.4. The Bertz CT molecular complexity index is 842. The van der Waals surface area contributed by atoms with E-state index in [1.165, 1.54) is 33.7 Å². The van der Waals surface area contributed by atoms with Crippen LogP contribution in [0.2, 0.25) is 0 Å². The number of hydrogen-bond acceptors (Lipinski definition) is 1. The van der Waals surface area contributed by atoms with Gasteiger partial charge >= 0.3 is 0 Å². The van der Waals surface area contributed by atoms with Gasteiger partial charge in [-0.3, -0.25) is 0 Å². The SMILES string of the molecule is C[15N](C)c1ccc(C(=C2C=CC(=[15N+](C)C)C=C2)c2ccccc2)cc1. The maximum absolute atomic E-state index is 2.21. The van der Waals surface area contributed by atoms with Crippen molar-refractivity contribution in [3.8, 4) is 0 Å². The molecule has 0 aliphatic heterocycles. The molecule has 0 spiro atoms. The van der Waals surface area contributed by atoms with Crippen LogP contribution in [0.1, 0.15) is 11.1 Å². The van der Waals surface area contributed by atoms with Crippen LogP contribution < -0.4 is 4.90 Å². The number of anilines is 1. The van der Waals surface area contributed by atoms with E-state index in [0.29, 0.717) is 0 Å². The highest BCUT2D eigenvalue weighted by Gasteiger charge is 2.13. The van der Waals surface area contributed by atoms with E-state index in [0.717, 1.165) is 0 Å². The fourth-order valence-corrected chi connectivity index (χ4v) is 2.96. The Morgan fingerprint density at radius 1 is 0.720 bits per heavy atom. The number of nitrogens with zero attached hydrogens (tertiary/aromatic N) is 2. The van der Waals surface area contributed by atoms with Crippen LogP contribution in [0.25, 0.3) is 5.57 Å². The molecule has 0 N–H and O–H groups in total. The van der Waals surface area contributed by atoms with Crippen molar-refractivity contribution >= 4 is 17.0 Å². The lowest BCUT2D eigenvalue weighted by atomic mass is 9.91. The lowest BCUT2D eigenvalue weighted by Crippen LogP contribution is -2.10. The second-order valence-electron chi connectivity index (χ2n) is 6.62. The third kappa shape index (κ3) is 3.80. The van der Waals surface area contributed by atoms with Gasteiger partial charge in [-0.25, -0.2) is 4.58 Å². The summed E-state index contributed by atoms with van der Waals surface area (Å²) in [6.07, 6.45) is 8.76. The Labute approximate surface area is 150 Å². The largest absolute Gasteiger partial charge is 0.378 e. The van der Waals surface area contributed by atoms with E-state index in [-0.39, 0.29) is 0 Å². The molecule has 0 fully saturated rings. The molecule has 0 saturated carbocycles. The predicted octanol–water partition coefficient (Wildman–Crippen LogP) is 4.39. The first-order valence-corrected chi connectivity index (χ1v) is 8.54. The van der Waals surface area contributed by atoms with E-state index in [2.05, 4.69) is 117 Å². The van der Waals surface area contributed by atoms with Crippen LogP contribution in [-0.4, -0.2) is 38.5 Å². The van der Waals surface area contributed by atoms with E-state index in [1.807, 2.05) is 0 Å². The zero-order valence-electron chi connectivity index (χ0n) is 15.4. The molecule has 2 aromatic rings. The topological polar surface area (TPSA) is 6.25 Å². The molecular weight excluding hydrogens is 306 g/mol. The molecule has 0 bridgehead atoms. The van der Waals surface area contributed by atoms with Crippen LogP contribution in [0.5, 0.6) is 0 Å². The van der Waals surface area contributed by atoms with Gasteiger partial charge < -0.3 is 4.90 Å². The number of hydrogen-bond donors (Lipinski definition) is 0. The minimum absolute atomic E-state index is 1.21. The summed E-state index contributed by atoms with van der Waals surface area (Å²) in [6, 6.07) is 19.4. The lowest BCUT2D eigenvalue weighted by molar-refractivity contribution is -0.462. The van der Waals surface area contributed by atoms with Crippen LogP contribution in [0.3, 0.4) is 0 Å². The molecule has 25 heavy (non-hydrogen) atoms. The lowest BCUT2D eigenvalue weighted by Gasteiger charge is -2.16. The standard InChI is InChI=1S/C23H25N2/c1-24(2)21-14-10-19(11-15-21)23(18-8-6-5-7-9-18)20-12-16-22(17-13-20)25(3)4/h5-17H,1-4H3/q+1/i24+1,25+1. The van der Waals surface area contributed by atoms with E-state index < -0.39 is 0 Å². The first-order valence-electron chi connectivity index (χ1n) is 8.54. The van der Waals surface area contributed by atoms with Crippen LogP contribution in [-0.2, 0) is 0 Å². The average molecular weight is 331 g/mol. The maximum atomic E-state index is 2.21. The minimum atomic E-state index is 1.21. The maximum Gasteiger partial charge on any atom is 0.199 e. The summed E-state index contributed by atoms with van der Waals surface area (Å²) >= 11 is 0. The van der Waals surface area contributed by atoms with Crippen molar-refractivity contribution < 1.29 is 4.58 Å². The van der Waals surface area contributed by atoms with Crippen LogP contribution in [0, 0.1) is 0 Å². The molecule has 126 valence electrons. The van der Waals surface area contributed by atoms with Gasteiger partial charge in [0.15, 0.2) is 5.71 Å². The quantitative estimate of drug-likeness (QED) is 0.597. The Balaban J connectivity index is 2.12. The summed E-state index contributed by atoms with van der Waals surface area (Å²) in [6.45, 7) is 0. The minimum Gasteiger partial charge on any atom is -0.378 e. The Morgan fingerprint density at radius 3 is 1.80 bits per heavy atom. The molecule has 0 aromatic heterocycles. The summed E-state index contributed by atoms with van der Waals surface area (Å²) in [5.74, 6) is 0. The van der Waals surface area contributed by atoms with Gasteiger partial charge in [-0.05, 0) is 46.6 Å². The summed E-state index contributed by atoms with van der Waals surface area (Å²) in [4.78, 5) is 2.12. The molecule has 0 atom stereocenters. The smallest absolute Gasteiger partial charge is 0.199 e. The van der Waals surface area contributed by atoms with Gasteiger partial charge in [-0.2, -0.15) is 0 Å². The Kier molecular flexibility index (Phi) is 4.99. The molecule has 2 aromatic carbocycles. The number of allylic oxidation sites excluding steroid dienone is 5. The third-order valence-corrected chi connectivity index (χ3v) is 4.41. The van der Waals surface area contributed by atoms with Crippen LogP contribution >= 0.6 is 0 Å². The first kappa shape index (κ1) is 17.0. The number of benzene rings is 2. The van der Waals surface area contributed by atoms with Crippen molar-refractivity contribution in [2.24, 2.45) is 0 Å². The molecule has 1 aliphatic rings. The van der Waals surface area contributed by atoms with Gasteiger partial charge in [0, 0.05) is 31.9 Å². The normalized spacial score (nSPS) is 13.1. The molecule has 0 saturated heterocycles. The van der Waals surface area contributed by atoms with Gasteiger partial charge in [0.05, 0.1) is 0 Å². The molecule has 0 radical (unpaired) electrons. The van der Waals surface area contributed by atoms with Crippen molar-refractivity contribution in [1.82, 2.24) is 0 Å². The molecule has 0 heterocycles. The van der Waals surface area contributed by atoms with Gasteiger partial charge in [-0.1, -0.05) is 42.5 Å². The van der Waals surface area contributed by atoms with Crippen molar-refractivity contribution in [2.45, 2.75) is 0 Å². The summed E-state index contributed by atoms with van der Waals surface area (Å²) in [5, 5.41) is 0. The summed E-state index contributed by atoms with van der Waals surface area (Å²) < 4.78 is 2.12. The highest BCUT2D eigenvalue weighted by atomic mass is 15.8. The Hall–Kier alpha value is -2.87. The fourth-order valence-electron chi connectivity index (χ4n) is 2.96. The second-order valence-corrected chi connectivity index (χ2v) is 6.62. The highest BCUT2D eigenvalue weighted by molar-refractivity contribution is 6.03. The molecule has 2 heteroatoms. The van der Waals surface area contributed by atoms with E-state index >= 15 is 0 Å².